The van der Waals surface area contributed by atoms with Crippen LogP contribution in [0.25, 0.3) is 28.1 Å². The lowest BCUT2D eigenvalue weighted by Crippen LogP contribution is -2.25. The zero-order chi connectivity index (χ0) is 20.7. The number of hydrogen-bond donors (Lipinski definition) is 1. The number of amides is 1. The van der Waals surface area contributed by atoms with Crippen LogP contribution in [0.15, 0.2) is 55.1 Å². The molecule has 5 rings (SSSR count). The van der Waals surface area contributed by atoms with Crippen LogP contribution in [-0.2, 0) is 4.43 Å². The molecule has 30 heavy (non-hydrogen) atoms. The lowest BCUT2D eigenvalue weighted by Gasteiger charge is -2.11. The van der Waals surface area contributed by atoms with Crippen LogP contribution in [0.2, 0.25) is 0 Å². The summed E-state index contributed by atoms with van der Waals surface area (Å²) in [4.78, 5) is 26.3. The standard InChI is InChI=1S/C23H20IN5O/c1-14-6-7-15(23(30)28-17-8-9-17)10-19(14)29-13-27-21-20(25-12-26-22(21)29)18-5-3-2-4-16(18)11-24/h2-7,10,12-13,17H,8-9,11H2,1H3,(H,28,30). The minimum absolute atomic E-state index is 0.0329. The van der Waals surface area contributed by atoms with E-state index in [1.807, 2.05) is 41.8 Å². The van der Waals surface area contributed by atoms with Crippen molar-refractivity contribution in [3.8, 4) is 16.9 Å². The number of benzene rings is 2. The molecule has 7 heteroatoms. The molecule has 0 unspecified atom stereocenters. The number of alkyl halides is 1. The summed E-state index contributed by atoms with van der Waals surface area (Å²) in [5, 5.41) is 3.05. The van der Waals surface area contributed by atoms with Gasteiger partial charge in [0.1, 0.15) is 23.9 Å². The SMILES string of the molecule is Cc1ccc(C(=O)NC2CC2)cc1-n1cnc2c(-c3ccccc3CI)ncnc21. The lowest BCUT2D eigenvalue weighted by atomic mass is 10.1. The molecule has 6 nitrogen and oxygen atoms in total. The van der Waals surface area contributed by atoms with E-state index < -0.39 is 0 Å². The van der Waals surface area contributed by atoms with E-state index in [0.717, 1.165) is 50.9 Å². The van der Waals surface area contributed by atoms with Crippen LogP contribution in [0.3, 0.4) is 0 Å². The first-order chi connectivity index (χ1) is 14.7. The molecular formula is C23H20IN5O. The van der Waals surface area contributed by atoms with Crippen molar-refractivity contribution in [3.05, 3.63) is 71.8 Å². The second-order valence-corrected chi connectivity index (χ2v) is 8.31. The smallest absolute Gasteiger partial charge is 0.251 e. The van der Waals surface area contributed by atoms with Gasteiger partial charge in [-0.15, -0.1) is 0 Å². The average Bonchev–Trinajstić information content (AvgIpc) is 3.49. The van der Waals surface area contributed by atoms with Crippen molar-refractivity contribution in [1.82, 2.24) is 24.8 Å². The number of halogens is 1. The summed E-state index contributed by atoms with van der Waals surface area (Å²) in [6, 6.07) is 14.3. The van der Waals surface area contributed by atoms with E-state index in [-0.39, 0.29) is 5.91 Å². The third kappa shape index (κ3) is 3.47. The molecule has 0 bridgehead atoms. The van der Waals surface area contributed by atoms with E-state index in [2.05, 4.69) is 55.0 Å². The Labute approximate surface area is 187 Å². The van der Waals surface area contributed by atoms with Gasteiger partial charge in [-0.05, 0) is 43.0 Å². The predicted octanol–water partition coefficient (Wildman–Crippen LogP) is 4.62. The zero-order valence-corrected chi connectivity index (χ0v) is 18.6. The number of nitrogens with zero attached hydrogens (tertiary/aromatic N) is 4. The third-order valence-electron chi connectivity index (χ3n) is 5.39. The highest BCUT2D eigenvalue weighted by atomic mass is 127. The first-order valence-electron chi connectivity index (χ1n) is 9.90. The van der Waals surface area contributed by atoms with Crippen LogP contribution in [-0.4, -0.2) is 31.5 Å². The average molecular weight is 509 g/mol. The molecule has 2 aromatic heterocycles. The van der Waals surface area contributed by atoms with Crippen molar-refractivity contribution in [3.63, 3.8) is 0 Å². The lowest BCUT2D eigenvalue weighted by molar-refractivity contribution is 0.0951. The number of rotatable bonds is 5. The van der Waals surface area contributed by atoms with Crippen LogP contribution < -0.4 is 5.32 Å². The fraction of sp³-hybridized carbons (Fsp3) is 0.217. The topological polar surface area (TPSA) is 72.7 Å². The summed E-state index contributed by atoms with van der Waals surface area (Å²) < 4.78 is 2.83. The van der Waals surface area contributed by atoms with Gasteiger partial charge in [-0.25, -0.2) is 15.0 Å². The Morgan fingerprint density at radius 1 is 1.17 bits per heavy atom. The number of fused-ring (bicyclic) bond motifs is 1. The Morgan fingerprint density at radius 3 is 2.80 bits per heavy atom. The maximum absolute atomic E-state index is 12.5. The van der Waals surface area contributed by atoms with Crippen molar-refractivity contribution in [2.75, 3.05) is 0 Å². The first-order valence-corrected chi connectivity index (χ1v) is 11.4. The Hall–Kier alpha value is -2.81. The molecule has 0 spiro atoms. The molecule has 2 aromatic carbocycles. The van der Waals surface area contributed by atoms with Crippen molar-refractivity contribution in [2.24, 2.45) is 0 Å². The van der Waals surface area contributed by atoms with E-state index in [0.29, 0.717) is 11.6 Å². The summed E-state index contributed by atoms with van der Waals surface area (Å²) in [5.74, 6) is -0.0329. The molecule has 1 fully saturated rings. The number of imidazole rings is 1. The highest BCUT2D eigenvalue weighted by molar-refractivity contribution is 14.1. The maximum Gasteiger partial charge on any atom is 0.251 e. The second-order valence-electron chi connectivity index (χ2n) is 7.55. The molecule has 2 heterocycles. The Kier molecular flexibility index (Phi) is 4.98. The Bertz CT molecular complexity index is 1260. The summed E-state index contributed by atoms with van der Waals surface area (Å²) in [6.07, 6.45) is 5.48. The zero-order valence-electron chi connectivity index (χ0n) is 16.5. The Balaban J connectivity index is 1.62. The summed E-state index contributed by atoms with van der Waals surface area (Å²) in [5.41, 5.74) is 7.17. The normalized spacial score (nSPS) is 13.5. The molecule has 4 aromatic rings. The quantitative estimate of drug-likeness (QED) is 0.315. The van der Waals surface area contributed by atoms with Gasteiger partial charge in [-0.1, -0.05) is 52.9 Å². The molecule has 1 aliphatic rings. The minimum Gasteiger partial charge on any atom is -0.349 e. The number of aryl methyl sites for hydroxylation is 1. The highest BCUT2D eigenvalue weighted by Crippen LogP contribution is 2.30. The molecule has 1 N–H and O–H groups in total. The van der Waals surface area contributed by atoms with Crippen LogP contribution in [0, 0.1) is 6.92 Å². The maximum atomic E-state index is 12.5. The van der Waals surface area contributed by atoms with E-state index in [1.54, 1.807) is 12.7 Å². The van der Waals surface area contributed by atoms with Gasteiger partial charge in [0.15, 0.2) is 5.65 Å². The van der Waals surface area contributed by atoms with Crippen LogP contribution in [0.1, 0.15) is 34.3 Å². The van der Waals surface area contributed by atoms with Crippen LogP contribution in [0.4, 0.5) is 0 Å². The predicted molar refractivity (Wildman–Crippen MR) is 125 cm³/mol. The first kappa shape index (κ1) is 19.2. The minimum atomic E-state index is -0.0329. The molecule has 150 valence electrons. The fourth-order valence-corrected chi connectivity index (χ4v) is 4.25. The van der Waals surface area contributed by atoms with Crippen molar-refractivity contribution in [1.29, 1.82) is 0 Å². The van der Waals surface area contributed by atoms with Crippen molar-refractivity contribution < 1.29 is 4.79 Å². The molecule has 0 aliphatic heterocycles. The van der Waals surface area contributed by atoms with Gasteiger partial charge >= 0.3 is 0 Å². The molecule has 1 saturated carbocycles. The summed E-state index contributed by atoms with van der Waals surface area (Å²) >= 11 is 2.36. The van der Waals surface area contributed by atoms with Crippen LogP contribution >= 0.6 is 22.6 Å². The van der Waals surface area contributed by atoms with E-state index in [4.69, 9.17) is 0 Å². The molecular weight excluding hydrogens is 489 g/mol. The van der Waals surface area contributed by atoms with E-state index in [9.17, 15) is 4.79 Å². The summed E-state index contributed by atoms with van der Waals surface area (Å²) in [7, 11) is 0. The van der Waals surface area contributed by atoms with Gasteiger partial charge in [-0.3, -0.25) is 9.36 Å². The summed E-state index contributed by atoms with van der Waals surface area (Å²) in [6.45, 7) is 2.03. The van der Waals surface area contributed by atoms with Gasteiger partial charge in [0.2, 0.25) is 0 Å². The van der Waals surface area contributed by atoms with Crippen LogP contribution in [0.5, 0.6) is 0 Å². The molecule has 0 atom stereocenters. The van der Waals surface area contributed by atoms with E-state index >= 15 is 0 Å². The number of carbonyl (C=O) groups is 1. The molecule has 1 aliphatic carbocycles. The van der Waals surface area contributed by atoms with E-state index in [1.165, 1.54) is 5.56 Å². The molecule has 1 amide bonds. The van der Waals surface area contributed by atoms with Gasteiger partial charge in [0, 0.05) is 21.6 Å². The van der Waals surface area contributed by atoms with Gasteiger partial charge in [-0.2, -0.15) is 0 Å². The third-order valence-corrected chi connectivity index (χ3v) is 6.22. The highest BCUT2D eigenvalue weighted by Gasteiger charge is 2.24. The molecule has 0 saturated heterocycles. The monoisotopic (exact) mass is 509 g/mol. The van der Waals surface area contributed by atoms with Crippen molar-refractivity contribution in [2.45, 2.75) is 30.2 Å². The fourth-order valence-electron chi connectivity index (χ4n) is 3.58. The van der Waals surface area contributed by atoms with Gasteiger partial charge in [0.05, 0.1) is 5.69 Å². The Morgan fingerprint density at radius 2 is 2.00 bits per heavy atom. The van der Waals surface area contributed by atoms with Crippen molar-refractivity contribution >= 4 is 39.7 Å². The number of aromatic nitrogens is 4. The number of carbonyl (C=O) groups excluding carboxylic acids is 1. The van der Waals surface area contributed by atoms with Gasteiger partial charge < -0.3 is 5.32 Å². The van der Waals surface area contributed by atoms with Gasteiger partial charge in [0.25, 0.3) is 5.91 Å². The largest absolute Gasteiger partial charge is 0.349 e. The molecule has 0 radical (unpaired) electrons. The second kappa shape index (κ2) is 7.79. The number of hydrogen-bond acceptors (Lipinski definition) is 4. The number of nitrogens with one attached hydrogen (secondary N) is 1.